The van der Waals surface area contributed by atoms with E-state index in [-0.39, 0.29) is 5.91 Å². The number of carbonyl (C=O) groups excluding carboxylic acids is 1. The molecular weight excluding hydrogens is 366 g/mol. The number of hydrogen-bond acceptors (Lipinski definition) is 6. The molecule has 3 aromatic rings. The summed E-state index contributed by atoms with van der Waals surface area (Å²) in [5.41, 5.74) is 6.95. The van der Waals surface area contributed by atoms with Crippen molar-refractivity contribution in [1.82, 2.24) is 10.4 Å². The average molecular weight is 387 g/mol. The molecule has 7 nitrogen and oxygen atoms in total. The van der Waals surface area contributed by atoms with E-state index in [1.807, 2.05) is 54.5 Å². The van der Waals surface area contributed by atoms with Crippen molar-refractivity contribution in [1.29, 1.82) is 0 Å². The minimum absolute atomic E-state index is 0.277. The predicted octanol–water partition coefficient (Wildman–Crippen LogP) is 4.20. The monoisotopic (exact) mass is 387 g/mol. The Kier molecular flexibility index (Phi) is 5.13. The van der Waals surface area contributed by atoms with Crippen molar-refractivity contribution >= 4 is 28.8 Å². The number of para-hydroxylation sites is 2. The molecule has 0 bridgehead atoms. The topological polar surface area (TPSA) is 78.5 Å². The lowest BCUT2D eigenvalue weighted by atomic mass is 10.2. The van der Waals surface area contributed by atoms with E-state index in [9.17, 15) is 4.79 Å². The van der Waals surface area contributed by atoms with Crippen LogP contribution in [0, 0.1) is 0 Å². The van der Waals surface area contributed by atoms with E-state index < -0.39 is 0 Å². The molecular formula is C22H21N5O2. The van der Waals surface area contributed by atoms with Crippen molar-refractivity contribution in [3.63, 3.8) is 0 Å². The van der Waals surface area contributed by atoms with E-state index in [0.717, 1.165) is 23.7 Å². The third kappa shape index (κ3) is 4.20. The number of nitrogens with one attached hydrogen (secondary N) is 3. The fraction of sp³-hybridized carbons (Fsp3) is 0.0909. The molecule has 4 rings (SSSR count). The van der Waals surface area contributed by atoms with Gasteiger partial charge in [0, 0.05) is 25.9 Å². The van der Waals surface area contributed by atoms with Crippen LogP contribution in [0.1, 0.15) is 5.56 Å². The molecule has 1 aliphatic heterocycles. The van der Waals surface area contributed by atoms with E-state index in [2.05, 4.69) is 27.6 Å². The van der Waals surface area contributed by atoms with Gasteiger partial charge in [-0.05, 0) is 48.0 Å². The number of pyridine rings is 1. The Labute approximate surface area is 169 Å². The Morgan fingerprint density at radius 3 is 2.79 bits per heavy atom. The largest absolute Gasteiger partial charge is 0.457 e. The Bertz CT molecular complexity index is 1070. The minimum atomic E-state index is -0.277. The molecule has 2 aromatic carbocycles. The number of amides is 1. The normalized spacial score (nSPS) is 12.2. The number of carbonyl (C=O) groups is 1. The van der Waals surface area contributed by atoms with Gasteiger partial charge in [0.15, 0.2) is 0 Å². The molecule has 1 aliphatic rings. The number of hydrogen-bond donors (Lipinski definition) is 3. The molecule has 3 N–H and O–H groups in total. The number of ether oxygens (including phenoxy) is 1. The van der Waals surface area contributed by atoms with Gasteiger partial charge < -0.3 is 20.4 Å². The lowest BCUT2D eigenvalue weighted by Gasteiger charge is -2.13. The second kappa shape index (κ2) is 8.04. The highest BCUT2D eigenvalue weighted by atomic mass is 16.5. The van der Waals surface area contributed by atoms with E-state index in [1.165, 1.54) is 11.6 Å². The molecule has 1 amide bonds. The van der Waals surface area contributed by atoms with Gasteiger partial charge in [-0.15, -0.1) is 0 Å². The molecule has 0 saturated carbocycles. The van der Waals surface area contributed by atoms with Crippen molar-refractivity contribution < 1.29 is 9.53 Å². The number of nitrogens with zero attached hydrogens (tertiary/aromatic N) is 2. The van der Waals surface area contributed by atoms with Crippen LogP contribution < -0.4 is 25.8 Å². The number of hydrazine groups is 1. The number of rotatable bonds is 6. The van der Waals surface area contributed by atoms with Crippen LogP contribution in [0.25, 0.3) is 0 Å². The summed E-state index contributed by atoms with van der Waals surface area (Å²) >= 11 is 0. The molecule has 146 valence electrons. The first-order valence-corrected chi connectivity index (χ1v) is 9.16. The van der Waals surface area contributed by atoms with E-state index in [0.29, 0.717) is 17.3 Å². The summed E-state index contributed by atoms with van der Waals surface area (Å²) in [6, 6.07) is 17.0. The summed E-state index contributed by atoms with van der Waals surface area (Å²) < 4.78 is 6.02. The van der Waals surface area contributed by atoms with Crippen LogP contribution in [0.4, 0.5) is 22.9 Å². The lowest BCUT2D eigenvalue weighted by molar-refractivity contribution is -0.111. The SMILES string of the molecule is C=CC(=O)Nc1ccccc1Nc1cc(Oc2ccc3c(c2)CNN3C)ccn1. The lowest BCUT2D eigenvalue weighted by Crippen LogP contribution is -2.26. The molecule has 29 heavy (non-hydrogen) atoms. The smallest absolute Gasteiger partial charge is 0.247 e. The Hall–Kier alpha value is -3.84. The van der Waals surface area contributed by atoms with Crippen molar-refractivity contribution in [2.45, 2.75) is 6.54 Å². The maximum Gasteiger partial charge on any atom is 0.247 e. The highest BCUT2D eigenvalue weighted by molar-refractivity contribution is 6.01. The summed E-state index contributed by atoms with van der Waals surface area (Å²) in [6.07, 6.45) is 2.90. The molecule has 0 saturated heterocycles. The third-order valence-electron chi connectivity index (χ3n) is 4.52. The molecule has 0 unspecified atom stereocenters. The molecule has 2 heterocycles. The van der Waals surface area contributed by atoms with Crippen LogP contribution in [0.15, 0.2) is 73.4 Å². The number of benzene rings is 2. The van der Waals surface area contributed by atoms with Crippen LogP contribution in [0.3, 0.4) is 0 Å². The van der Waals surface area contributed by atoms with Gasteiger partial charge in [0.25, 0.3) is 0 Å². The van der Waals surface area contributed by atoms with E-state index in [1.54, 1.807) is 18.3 Å². The first-order valence-electron chi connectivity index (χ1n) is 9.16. The van der Waals surface area contributed by atoms with Crippen molar-refractivity contribution in [2.24, 2.45) is 0 Å². The molecule has 0 atom stereocenters. The minimum Gasteiger partial charge on any atom is -0.457 e. The number of fused-ring (bicyclic) bond motifs is 1. The van der Waals surface area contributed by atoms with Crippen LogP contribution in [0.5, 0.6) is 11.5 Å². The van der Waals surface area contributed by atoms with Crippen LogP contribution in [-0.2, 0) is 11.3 Å². The number of anilines is 4. The highest BCUT2D eigenvalue weighted by Crippen LogP contribution is 2.31. The Morgan fingerprint density at radius 2 is 1.97 bits per heavy atom. The summed E-state index contributed by atoms with van der Waals surface area (Å²) in [5, 5.41) is 7.99. The predicted molar refractivity (Wildman–Crippen MR) is 115 cm³/mol. The summed E-state index contributed by atoms with van der Waals surface area (Å²) in [6.45, 7) is 4.26. The first kappa shape index (κ1) is 18.5. The van der Waals surface area contributed by atoms with Gasteiger partial charge in [0.2, 0.25) is 5.91 Å². The zero-order valence-electron chi connectivity index (χ0n) is 16.0. The molecule has 0 fully saturated rings. The molecule has 7 heteroatoms. The van der Waals surface area contributed by atoms with Gasteiger partial charge in [-0.25, -0.2) is 10.4 Å². The van der Waals surface area contributed by atoms with E-state index in [4.69, 9.17) is 4.74 Å². The standard InChI is InChI=1S/C22H21N5O2/c1-3-22(28)26-19-7-5-4-6-18(19)25-21-13-17(10-11-23-21)29-16-8-9-20-15(12-16)14-24-27(20)2/h3-13,24H,1,14H2,2H3,(H,23,25)(H,26,28). The van der Waals surface area contributed by atoms with Gasteiger partial charge in [0.05, 0.1) is 17.1 Å². The quantitative estimate of drug-likeness (QED) is 0.550. The van der Waals surface area contributed by atoms with Gasteiger partial charge in [-0.1, -0.05) is 18.7 Å². The highest BCUT2D eigenvalue weighted by Gasteiger charge is 2.15. The first-order chi connectivity index (χ1) is 14.1. The maximum absolute atomic E-state index is 11.6. The molecule has 0 aliphatic carbocycles. The second-order valence-corrected chi connectivity index (χ2v) is 6.53. The average Bonchev–Trinajstić information content (AvgIpc) is 3.10. The Balaban J connectivity index is 1.51. The third-order valence-corrected chi connectivity index (χ3v) is 4.52. The van der Waals surface area contributed by atoms with Gasteiger partial charge >= 0.3 is 0 Å². The Morgan fingerprint density at radius 1 is 1.17 bits per heavy atom. The fourth-order valence-electron chi connectivity index (χ4n) is 3.09. The summed E-state index contributed by atoms with van der Waals surface area (Å²) in [7, 11) is 1.99. The van der Waals surface area contributed by atoms with Crippen molar-refractivity contribution in [3.05, 3.63) is 79.0 Å². The molecule has 0 spiro atoms. The molecule has 1 aromatic heterocycles. The van der Waals surface area contributed by atoms with Gasteiger partial charge in [-0.2, -0.15) is 0 Å². The zero-order chi connectivity index (χ0) is 20.2. The van der Waals surface area contributed by atoms with Crippen LogP contribution in [-0.4, -0.2) is 17.9 Å². The van der Waals surface area contributed by atoms with Crippen LogP contribution >= 0.6 is 0 Å². The van der Waals surface area contributed by atoms with E-state index >= 15 is 0 Å². The van der Waals surface area contributed by atoms with Gasteiger partial charge in [-0.3, -0.25) is 4.79 Å². The summed E-state index contributed by atoms with van der Waals surface area (Å²) in [4.78, 5) is 16.0. The fourth-order valence-corrected chi connectivity index (χ4v) is 3.09. The maximum atomic E-state index is 11.6. The van der Waals surface area contributed by atoms with Crippen molar-refractivity contribution in [2.75, 3.05) is 22.7 Å². The second-order valence-electron chi connectivity index (χ2n) is 6.53. The zero-order valence-corrected chi connectivity index (χ0v) is 16.0. The molecule has 0 radical (unpaired) electrons. The number of aromatic nitrogens is 1. The van der Waals surface area contributed by atoms with Gasteiger partial charge in [0.1, 0.15) is 17.3 Å². The summed E-state index contributed by atoms with van der Waals surface area (Å²) in [5.74, 6) is 1.75. The van der Waals surface area contributed by atoms with Crippen molar-refractivity contribution in [3.8, 4) is 11.5 Å². The van der Waals surface area contributed by atoms with Crippen LogP contribution in [0.2, 0.25) is 0 Å².